The molecule has 4 rings (SSSR count). The van der Waals surface area contributed by atoms with Crippen molar-refractivity contribution < 1.29 is 9.15 Å². The number of methoxy groups -OCH3 is 1. The number of fused-ring (bicyclic) bond motifs is 2. The van der Waals surface area contributed by atoms with Gasteiger partial charge in [0.2, 0.25) is 0 Å². The number of aromatic nitrogens is 2. The Morgan fingerprint density at radius 3 is 2.69 bits per heavy atom. The molecule has 6 heteroatoms. The second-order valence-corrected chi connectivity index (χ2v) is 6.07. The van der Waals surface area contributed by atoms with Crippen LogP contribution in [0, 0.1) is 11.3 Å². The number of ether oxygens (including phenoxy) is 1. The molecule has 0 radical (unpaired) electrons. The minimum absolute atomic E-state index is 0.404. The summed E-state index contributed by atoms with van der Waals surface area (Å²) in [6.07, 6.45) is 0. The molecule has 0 atom stereocenters. The fourth-order valence-electron chi connectivity index (χ4n) is 3.48. The summed E-state index contributed by atoms with van der Waals surface area (Å²) >= 11 is 0. The first-order chi connectivity index (χ1) is 12.6. The maximum absolute atomic E-state index is 11.8. The Bertz CT molecular complexity index is 1250. The maximum Gasteiger partial charge on any atom is 0.419 e. The second kappa shape index (κ2) is 5.81. The highest BCUT2D eigenvalue weighted by Gasteiger charge is 2.19. The predicted molar refractivity (Wildman–Crippen MR) is 99.3 cm³/mol. The van der Waals surface area contributed by atoms with Crippen molar-refractivity contribution >= 4 is 22.0 Å². The summed E-state index contributed by atoms with van der Waals surface area (Å²) in [6.45, 7) is 2.72. The van der Waals surface area contributed by atoms with Crippen LogP contribution in [0.25, 0.3) is 33.3 Å². The number of nitriles is 1. The van der Waals surface area contributed by atoms with E-state index in [2.05, 4.69) is 10.6 Å². The van der Waals surface area contributed by atoms with Gasteiger partial charge in [0.1, 0.15) is 11.8 Å². The van der Waals surface area contributed by atoms with Gasteiger partial charge in [0, 0.05) is 30.6 Å². The molecule has 0 unspecified atom stereocenters. The highest BCUT2D eigenvalue weighted by Crippen LogP contribution is 2.36. The fraction of sp³-hybridized carbons (Fsp3) is 0.200. The van der Waals surface area contributed by atoms with E-state index in [0.29, 0.717) is 17.7 Å². The normalized spacial score (nSPS) is 11.2. The Morgan fingerprint density at radius 1 is 1.19 bits per heavy atom. The molecule has 2 aromatic carbocycles. The Kier molecular flexibility index (Phi) is 3.58. The molecule has 0 amide bonds. The molecule has 0 aliphatic rings. The Morgan fingerprint density at radius 2 is 2.00 bits per heavy atom. The van der Waals surface area contributed by atoms with E-state index in [1.165, 1.54) is 4.57 Å². The Labute approximate surface area is 149 Å². The SMILES string of the molecule is CCn1c(-c2ccc3c(c2)oc(=O)n3C)c(C#N)c2ccc(OC)cc21. The quantitative estimate of drug-likeness (QED) is 0.567. The van der Waals surface area contributed by atoms with Crippen LogP contribution in [-0.2, 0) is 13.6 Å². The molecule has 130 valence electrons. The van der Waals surface area contributed by atoms with E-state index in [4.69, 9.17) is 9.15 Å². The van der Waals surface area contributed by atoms with Crippen LogP contribution in [0.1, 0.15) is 12.5 Å². The van der Waals surface area contributed by atoms with E-state index >= 15 is 0 Å². The number of aryl methyl sites for hydroxylation is 2. The van der Waals surface area contributed by atoms with Gasteiger partial charge in [-0.2, -0.15) is 5.26 Å². The molecule has 2 heterocycles. The third-order valence-corrected chi connectivity index (χ3v) is 4.77. The van der Waals surface area contributed by atoms with E-state index in [0.717, 1.165) is 33.4 Å². The average Bonchev–Trinajstić information content (AvgIpc) is 3.14. The second-order valence-electron chi connectivity index (χ2n) is 6.07. The van der Waals surface area contributed by atoms with Crippen LogP contribution in [0.4, 0.5) is 0 Å². The van der Waals surface area contributed by atoms with Gasteiger partial charge in [0.05, 0.1) is 29.4 Å². The minimum atomic E-state index is -0.404. The summed E-state index contributed by atoms with van der Waals surface area (Å²) in [6, 6.07) is 13.6. The third kappa shape index (κ3) is 2.14. The fourth-order valence-corrected chi connectivity index (χ4v) is 3.48. The van der Waals surface area contributed by atoms with E-state index in [9.17, 15) is 10.1 Å². The maximum atomic E-state index is 11.8. The number of nitrogens with zero attached hydrogens (tertiary/aromatic N) is 3. The molecule has 2 aromatic heterocycles. The van der Waals surface area contributed by atoms with Gasteiger partial charge in [-0.1, -0.05) is 6.07 Å². The number of benzene rings is 2. The summed E-state index contributed by atoms with van der Waals surface area (Å²) in [5, 5.41) is 10.7. The lowest BCUT2D eigenvalue weighted by Crippen LogP contribution is -2.08. The number of oxazole rings is 1. The monoisotopic (exact) mass is 347 g/mol. The van der Waals surface area contributed by atoms with Crippen LogP contribution in [0.5, 0.6) is 5.75 Å². The van der Waals surface area contributed by atoms with Crippen LogP contribution < -0.4 is 10.5 Å². The van der Waals surface area contributed by atoms with E-state index in [1.54, 1.807) is 14.2 Å². The van der Waals surface area contributed by atoms with Crippen molar-refractivity contribution in [2.75, 3.05) is 7.11 Å². The molecule has 0 aliphatic heterocycles. The first-order valence-corrected chi connectivity index (χ1v) is 8.29. The summed E-state index contributed by atoms with van der Waals surface area (Å²) < 4.78 is 14.2. The predicted octanol–water partition coefficient (Wildman–Crippen LogP) is 3.65. The molecule has 0 aliphatic carbocycles. The van der Waals surface area contributed by atoms with Crippen LogP contribution in [-0.4, -0.2) is 16.2 Å². The van der Waals surface area contributed by atoms with Crippen LogP contribution in [0.2, 0.25) is 0 Å². The van der Waals surface area contributed by atoms with Gasteiger partial charge >= 0.3 is 5.76 Å². The lowest BCUT2D eigenvalue weighted by Gasteiger charge is -2.09. The Hall–Kier alpha value is -3.46. The summed E-state index contributed by atoms with van der Waals surface area (Å²) in [4.78, 5) is 11.8. The molecule has 0 spiro atoms. The topological polar surface area (TPSA) is 73.1 Å². The van der Waals surface area contributed by atoms with Gasteiger partial charge in [-0.25, -0.2) is 4.79 Å². The van der Waals surface area contributed by atoms with Crippen molar-refractivity contribution in [2.45, 2.75) is 13.5 Å². The standard InChI is InChI=1S/C20H17N3O3/c1-4-23-17-10-13(25-3)6-7-14(17)15(11-21)19(23)12-5-8-16-18(9-12)26-20(24)22(16)2/h5-10H,4H2,1-3H3. The van der Waals surface area contributed by atoms with Crippen LogP contribution >= 0.6 is 0 Å². The zero-order valence-corrected chi connectivity index (χ0v) is 14.7. The number of hydrogen-bond donors (Lipinski definition) is 0. The summed E-state index contributed by atoms with van der Waals surface area (Å²) in [5.74, 6) is 0.337. The van der Waals surface area contributed by atoms with Crippen molar-refractivity contribution in [3.63, 3.8) is 0 Å². The lowest BCUT2D eigenvalue weighted by molar-refractivity contribution is 0.415. The first-order valence-electron chi connectivity index (χ1n) is 8.29. The van der Waals surface area contributed by atoms with Crippen LogP contribution in [0.15, 0.2) is 45.6 Å². The molecule has 6 nitrogen and oxygen atoms in total. The smallest absolute Gasteiger partial charge is 0.419 e. The first kappa shape index (κ1) is 16.0. The molecule has 0 N–H and O–H groups in total. The van der Waals surface area contributed by atoms with Crippen molar-refractivity contribution in [3.8, 4) is 23.1 Å². The number of hydrogen-bond acceptors (Lipinski definition) is 4. The van der Waals surface area contributed by atoms with Crippen molar-refractivity contribution in [1.29, 1.82) is 5.26 Å². The summed E-state index contributed by atoms with van der Waals surface area (Å²) in [7, 11) is 3.29. The largest absolute Gasteiger partial charge is 0.497 e. The molecule has 4 aromatic rings. The van der Waals surface area contributed by atoms with E-state index in [-0.39, 0.29) is 0 Å². The molecular formula is C20H17N3O3. The lowest BCUT2D eigenvalue weighted by atomic mass is 10.1. The van der Waals surface area contributed by atoms with E-state index < -0.39 is 5.76 Å². The molecule has 0 saturated heterocycles. The highest BCUT2D eigenvalue weighted by atomic mass is 16.5. The van der Waals surface area contributed by atoms with Gasteiger partial charge in [0.25, 0.3) is 0 Å². The van der Waals surface area contributed by atoms with Gasteiger partial charge in [0.15, 0.2) is 5.58 Å². The minimum Gasteiger partial charge on any atom is -0.497 e. The average molecular weight is 347 g/mol. The zero-order chi connectivity index (χ0) is 18.4. The van der Waals surface area contributed by atoms with Gasteiger partial charge in [-0.15, -0.1) is 0 Å². The third-order valence-electron chi connectivity index (χ3n) is 4.77. The van der Waals surface area contributed by atoms with Crippen molar-refractivity contribution in [2.24, 2.45) is 7.05 Å². The van der Waals surface area contributed by atoms with Gasteiger partial charge in [-0.05, 0) is 31.2 Å². The van der Waals surface area contributed by atoms with Crippen LogP contribution in [0.3, 0.4) is 0 Å². The summed E-state index contributed by atoms with van der Waals surface area (Å²) in [5.41, 5.74) is 4.41. The highest BCUT2D eigenvalue weighted by molar-refractivity contribution is 5.96. The van der Waals surface area contributed by atoms with Gasteiger partial charge in [-0.3, -0.25) is 4.57 Å². The molecular weight excluding hydrogens is 330 g/mol. The zero-order valence-electron chi connectivity index (χ0n) is 14.7. The molecule has 26 heavy (non-hydrogen) atoms. The van der Waals surface area contributed by atoms with Crippen molar-refractivity contribution in [1.82, 2.24) is 9.13 Å². The molecule has 0 saturated carbocycles. The van der Waals surface area contributed by atoms with Crippen molar-refractivity contribution in [3.05, 3.63) is 52.5 Å². The Balaban J connectivity index is 2.07. The molecule has 0 fully saturated rings. The van der Waals surface area contributed by atoms with E-state index in [1.807, 2.05) is 43.3 Å². The number of rotatable bonds is 3. The molecule has 0 bridgehead atoms. The van der Waals surface area contributed by atoms with Gasteiger partial charge < -0.3 is 13.7 Å².